The molecule has 5 heteroatoms. The van der Waals surface area contributed by atoms with Gasteiger partial charge in [0, 0.05) is 32.2 Å². The summed E-state index contributed by atoms with van der Waals surface area (Å²) in [5, 5.41) is 0. The van der Waals surface area contributed by atoms with E-state index in [1.165, 1.54) is 18.4 Å². The summed E-state index contributed by atoms with van der Waals surface area (Å²) in [5.74, 6) is 1.98. The Kier molecular flexibility index (Phi) is 6.12. The molecule has 2 aliphatic rings. The average Bonchev–Trinajstić information content (AvgIpc) is 3.22. The molecule has 2 fully saturated rings. The van der Waals surface area contributed by atoms with Gasteiger partial charge in [0.15, 0.2) is 0 Å². The maximum absolute atomic E-state index is 6.06. The number of hydrogen-bond acceptors (Lipinski definition) is 5. The van der Waals surface area contributed by atoms with Gasteiger partial charge >= 0.3 is 0 Å². The summed E-state index contributed by atoms with van der Waals surface area (Å²) in [4.78, 5) is 5.16. The summed E-state index contributed by atoms with van der Waals surface area (Å²) >= 11 is 0. The zero-order chi connectivity index (χ0) is 18.5. The lowest BCUT2D eigenvalue weighted by molar-refractivity contribution is -0.0516. The van der Waals surface area contributed by atoms with Crippen molar-refractivity contribution in [2.24, 2.45) is 0 Å². The third kappa shape index (κ3) is 4.92. The second kappa shape index (κ2) is 8.91. The van der Waals surface area contributed by atoms with Crippen LogP contribution >= 0.6 is 0 Å². The number of likely N-dealkylation sites (tertiary alicyclic amines) is 1. The van der Waals surface area contributed by atoms with Crippen LogP contribution in [0.25, 0.3) is 0 Å². The number of piperidine rings is 1. The van der Waals surface area contributed by atoms with Gasteiger partial charge in [-0.05, 0) is 49.1 Å². The zero-order valence-corrected chi connectivity index (χ0v) is 16.2. The highest BCUT2D eigenvalue weighted by Gasteiger charge is 2.29. The second-order valence-corrected chi connectivity index (χ2v) is 7.63. The highest BCUT2D eigenvalue weighted by atomic mass is 16.5. The van der Waals surface area contributed by atoms with Crippen molar-refractivity contribution < 1.29 is 13.9 Å². The molecule has 5 nitrogen and oxygen atoms in total. The predicted octanol–water partition coefficient (Wildman–Crippen LogP) is 3.20. The fraction of sp³-hybridized carbons (Fsp3) is 0.545. The smallest absolute Gasteiger partial charge is 0.118 e. The minimum Gasteiger partial charge on any atom is -0.497 e. The molecule has 0 bridgehead atoms. The first kappa shape index (κ1) is 18.5. The SMILES string of the molecule is COc1ccc(C[C@@H]2CN(C3CCN(Cc4ccco4)CC3)CCO2)cc1. The molecule has 1 aromatic carbocycles. The van der Waals surface area contributed by atoms with Crippen LogP contribution in [0.5, 0.6) is 5.75 Å². The maximum atomic E-state index is 6.06. The summed E-state index contributed by atoms with van der Waals surface area (Å²) in [5.41, 5.74) is 1.32. The van der Waals surface area contributed by atoms with Crippen molar-refractivity contribution in [3.63, 3.8) is 0 Å². The number of methoxy groups -OCH3 is 1. The molecule has 0 N–H and O–H groups in total. The third-order valence-corrected chi connectivity index (χ3v) is 5.83. The Morgan fingerprint density at radius 3 is 2.59 bits per heavy atom. The minimum absolute atomic E-state index is 0.285. The van der Waals surface area contributed by atoms with Crippen LogP contribution in [0.15, 0.2) is 47.1 Å². The monoisotopic (exact) mass is 370 g/mol. The fourth-order valence-corrected chi connectivity index (χ4v) is 4.29. The van der Waals surface area contributed by atoms with Gasteiger partial charge in [0.25, 0.3) is 0 Å². The number of hydrogen-bond donors (Lipinski definition) is 0. The van der Waals surface area contributed by atoms with Gasteiger partial charge in [-0.15, -0.1) is 0 Å². The normalized spacial score (nSPS) is 22.8. The van der Waals surface area contributed by atoms with Crippen molar-refractivity contribution in [1.29, 1.82) is 0 Å². The third-order valence-electron chi connectivity index (χ3n) is 5.83. The largest absolute Gasteiger partial charge is 0.497 e. The van der Waals surface area contributed by atoms with Crippen molar-refractivity contribution in [3.05, 3.63) is 54.0 Å². The molecule has 0 aliphatic carbocycles. The second-order valence-electron chi connectivity index (χ2n) is 7.63. The molecule has 1 aromatic heterocycles. The highest BCUT2D eigenvalue weighted by molar-refractivity contribution is 5.27. The molecule has 0 radical (unpaired) electrons. The van der Waals surface area contributed by atoms with E-state index in [0.717, 1.165) is 57.3 Å². The first-order chi connectivity index (χ1) is 13.3. The van der Waals surface area contributed by atoms with Crippen LogP contribution in [0, 0.1) is 0 Å². The Hall–Kier alpha value is -1.82. The van der Waals surface area contributed by atoms with Crippen LogP contribution in [0.2, 0.25) is 0 Å². The molecule has 1 atom stereocenters. The first-order valence-electron chi connectivity index (χ1n) is 10.0. The van der Waals surface area contributed by atoms with Gasteiger partial charge in [-0.25, -0.2) is 0 Å². The predicted molar refractivity (Wildman–Crippen MR) is 105 cm³/mol. The number of benzene rings is 1. The van der Waals surface area contributed by atoms with Crippen LogP contribution in [-0.4, -0.2) is 61.8 Å². The molecular formula is C22H30N2O3. The number of nitrogens with zero attached hydrogens (tertiary/aromatic N) is 2. The van der Waals surface area contributed by atoms with Gasteiger partial charge < -0.3 is 13.9 Å². The number of rotatable bonds is 6. The Bertz CT molecular complexity index is 678. The van der Waals surface area contributed by atoms with E-state index in [4.69, 9.17) is 13.9 Å². The Morgan fingerprint density at radius 1 is 1.07 bits per heavy atom. The zero-order valence-electron chi connectivity index (χ0n) is 16.2. The summed E-state index contributed by atoms with van der Waals surface area (Å²) < 4.78 is 16.8. The van der Waals surface area contributed by atoms with Crippen LogP contribution in [0.4, 0.5) is 0 Å². The summed E-state index contributed by atoms with van der Waals surface area (Å²) in [6.07, 6.45) is 5.48. The summed E-state index contributed by atoms with van der Waals surface area (Å²) in [6.45, 7) is 6.16. The Balaban J connectivity index is 1.25. The topological polar surface area (TPSA) is 38.1 Å². The number of furan rings is 1. The molecular weight excluding hydrogens is 340 g/mol. The molecule has 0 unspecified atom stereocenters. The number of morpholine rings is 1. The van der Waals surface area contributed by atoms with Gasteiger partial charge in [-0.1, -0.05) is 12.1 Å². The van der Waals surface area contributed by atoms with E-state index >= 15 is 0 Å². The van der Waals surface area contributed by atoms with E-state index < -0.39 is 0 Å². The highest BCUT2D eigenvalue weighted by Crippen LogP contribution is 2.22. The van der Waals surface area contributed by atoms with E-state index in [1.807, 2.05) is 18.2 Å². The molecule has 2 saturated heterocycles. The molecule has 0 amide bonds. The lowest BCUT2D eigenvalue weighted by Gasteiger charge is -2.42. The van der Waals surface area contributed by atoms with Gasteiger partial charge in [0.1, 0.15) is 11.5 Å². The van der Waals surface area contributed by atoms with Crippen LogP contribution in [-0.2, 0) is 17.7 Å². The fourth-order valence-electron chi connectivity index (χ4n) is 4.29. The first-order valence-corrected chi connectivity index (χ1v) is 10.0. The van der Waals surface area contributed by atoms with Crippen molar-refractivity contribution in [3.8, 4) is 5.75 Å². The van der Waals surface area contributed by atoms with E-state index in [-0.39, 0.29) is 6.10 Å². The quantitative estimate of drug-likeness (QED) is 0.781. The van der Waals surface area contributed by atoms with Crippen molar-refractivity contribution in [2.45, 2.75) is 38.0 Å². The van der Waals surface area contributed by atoms with E-state index in [0.29, 0.717) is 6.04 Å². The molecule has 27 heavy (non-hydrogen) atoms. The maximum Gasteiger partial charge on any atom is 0.118 e. The molecule has 2 aromatic rings. The standard InChI is InChI=1S/C22H30N2O3/c1-25-20-6-4-18(5-7-20)15-22-17-24(12-14-27-22)19-8-10-23(11-9-19)16-21-3-2-13-26-21/h2-7,13,19,22H,8-12,14-17H2,1H3/t22-/m1/s1. The van der Waals surface area contributed by atoms with E-state index in [2.05, 4.69) is 28.0 Å². The molecule has 3 heterocycles. The van der Waals surface area contributed by atoms with Gasteiger partial charge in [0.2, 0.25) is 0 Å². The molecule has 0 spiro atoms. The molecule has 4 rings (SSSR count). The van der Waals surface area contributed by atoms with E-state index in [1.54, 1.807) is 13.4 Å². The molecule has 146 valence electrons. The van der Waals surface area contributed by atoms with Crippen LogP contribution in [0.3, 0.4) is 0 Å². The number of ether oxygens (including phenoxy) is 2. The summed E-state index contributed by atoms with van der Waals surface area (Å²) in [6, 6.07) is 13.1. The minimum atomic E-state index is 0.285. The van der Waals surface area contributed by atoms with Crippen LogP contribution < -0.4 is 4.74 Å². The lowest BCUT2D eigenvalue weighted by atomic mass is 10.00. The lowest BCUT2D eigenvalue weighted by Crippen LogP contribution is -2.51. The molecule has 2 aliphatic heterocycles. The Labute approximate surface area is 161 Å². The summed E-state index contributed by atoms with van der Waals surface area (Å²) in [7, 11) is 1.71. The molecule has 0 saturated carbocycles. The van der Waals surface area contributed by atoms with Gasteiger partial charge in [-0.3, -0.25) is 9.80 Å². The van der Waals surface area contributed by atoms with Gasteiger partial charge in [-0.2, -0.15) is 0 Å². The van der Waals surface area contributed by atoms with Gasteiger partial charge in [0.05, 0.1) is 32.6 Å². The van der Waals surface area contributed by atoms with Crippen molar-refractivity contribution in [2.75, 3.05) is 39.9 Å². The van der Waals surface area contributed by atoms with Crippen molar-refractivity contribution in [1.82, 2.24) is 9.80 Å². The van der Waals surface area contributed by atoms with Crippen LogP contribution in [0.1, 0.15) is 24.2 Å². The average molecular weight is 370 g/mol. The van der Waals surface area contributed by atoms with Crippen molar-refractivity contribution >= 4 is 0 Å². The Morgan fingerprint density at radius 2 is 1.89 bits per heavy atom. The van der Waals surface area contributed by atoms with E-state index in [9.17, 15) is 0 Å².